The maximum absolute atomic E-state index is 13.8. The Morgan fingerprint density at radius 2 is 1.45 bits per heavy atom. The van der Waals surface area contributed by atoms with Crippen LogP contribution in [0, 0.1) is 0 Å². The highest BCUT2D eigenvalue weighted by atomic mass is 16.5. The summed E-state index contributed by atoms with van der Waals surface area (Å²) in [6.45, 7) is 1.78. The van der Waals surface area contributed by atoms with E-state index in [4.69, 9.17) is 4.52 Å². The second kappa shape index (κ2) is 16.5. The van der Waals surface area contributed by atoms with Crippen LogP contribution in [0.25, 0.3) is 0 Å². The maximum atomic E-state index is 13.8. The number of nitrogens with zero attached hydrogens (tertiary/aromatic N) is 3. The number of rotatable bonds is 6. The molecule has 2 aromatic carbocycles. The molecule has 3 aromatic rings. The Bertz CT molecular complexity index is 1650. The minimum absolute atomic E-state index is 0.0167. The Morgan fingerprint density at radius 3 is 2.10 bits per heavy atom. The molecule has 1 fully saturated rings. The van der Waals surface area contributed by atoms with E-state index in [-0.39, 0.29) is 62.3 Å². The summed E-state index contributed by atoms with van der Waals surface area (Å²) in [5.41, 5.74) is 1.47. The number of likely N-dealkylation sites (tertiary alicyclic amines) is 1. The van der Waals surface area contributed by atoms with Crippen LogP contribution < -0.4 is 21.3 Å². The average Bonchev–Trinajstić information content (AvgIpc) is 3.57. The van der Waals surface area contributed by atoms with Gasteiger partial charge >= 0.3 is 0 Å². The van der Waals surface area contributed by atoms with Crippen LogP contribution in [-0.2, 0) is 43.4 Å². The monoisotopic (exact) mass is 671 g/mol. The van der Waals surface area contributed by atoms with Crippen LogP contribution in [0.1, 0.15) is 53.6 Å². The number of piperidine rings is 1. The van der Waals surface area contributed by atoms with Crippen molar-refractivity contribution in [3.05, 3.63) is 89.3 Å². The number of aromatic nitrogens is 1. The molecule has 258 valence electrons. The van der Waals surface area contributed by atoms with Crippen molar-refractivity contribution in [1.29, 1.82) is 0 Å². The van der Waals surface area contributed by atoms with E-state index in [1.54, 1.807) is 0 Å². The second-order valence-electron chi connectivity index (χ2n) is 12.3. The van der Waals surface area contributed by atoms with Crippen LogP contribution in [0.3, 0.4) is 0 Å². The van der Waals surface area contributed by atoms with E-state index in [2.05, 4.69) is 26.4 Å². The number of benzene rings is 2. The number of nitrogens with one attached hydrogen (secondary N) is 4. The molecule has 14 nitrogen and oxygen atoms in total. The van der Waals surface area contributed by atoms with Crippen molar-refractivity contribution in [2.24, 2.45) is 0 Å². The van der Waals surface area contributed by atoms with E-state index < -0.39 is 41.8 Å². The first-order valence-corrected chi connectivity index (χ1v) is 16.4. The standard InChI is InChI=1S/C35H41N7O7/c1-23-32(45)38-28(19-25-12-6-3-7-13-25)34(47)39-27(18-24-10-4-2-5-11-24)33(46)36-15-17-42(21-26-20-29(40-49-26)35(48)37-23)31(44)22-41-16-9-8-14-30(41)43/h2-7,10-13,20,23,27-28H,8-9,14-19,21-22H2,1H3,(H,36,46)(H,37,48)(H,38,45)(H,39,47)/t23-,27+,28-/m0/s1. The Kier molecular flexibility index (Phi) is 11.7. The predicted octanol–water partition coefficient (Wildman–Crippen LogP) is 0.719. The minimum Gasteiger partial charge on any atom is -0.359 e. The van der Waals surface area contributed by atoms with Gasteiger partial charge in [-0.25, -0.2) is 0 Å². The van der Waals surface area contributed by atoms with E-state index in [1.807, 2.05) is 60.7 Å². The van der Waals surface area contributed by atoms with Gasteiger partial charge in [-0.05, 0) is 30.9 Å². The van der Waals surface area contributed by atoms with Gasteiger partial charge in [0.05, 0.1) is 13.1 Å². The third-order valence-corrected chi connectivity index (χ3v) is 8.49. The summed E-state index contributed by atoms with van der Waals surface area (Å²) in [6, 6.07) is 16.5. The lowest BCUT2D eigenvalue weighted by atomic mass is 10.0. The summed E-state index contributed by atoms with van der Waals surface area (Å²) < 4.78 is 5.38. The van der Waals surface area contributed by atoms with Crippen molar-refractivity contribution in [2.75, 3.05) is 26.2 Å². The summed E-state index contributed by atoms with van der Waals surface area (Å²) in [4.78, 5) is 82.7. The molecule has 49 heavy (non-hydrogen) atoms. The number of hydrogen-bond acceptors (Lipinski definition) is 8. The molecule has 0 saturated carbocycles. The van der Waals surface area contributed by atoms with Crippen LogP contribution in [0.4, 0.5) is 0 Å². The van der Waals surface area contributed by atoms with Crippen molar-refractivity contribution in [3.63, 3.8) is 0 Å². The van der Waals surface area contributed by atoms with Crippen molar-refractivity contribution >= 4 is 35.4 Å². The zero-order valence-electron chi connectivity index (χ0n) is 27.4. The average molecular weight is 672 g/mol. The Balaban J connectivity index is 1.42. The topological polar surface area (TPSA) is 183 Å². The molecule has 6 amide bonds. The first kappa shape index (κ1) is 34.8. The Labute approximate surface area is 283 Å². The largest absolute Gasteiger partial charge is 0.359 e. The molecular formula is C35H41N7O7. The molecule has 4 N–H and O–H groups in total. The first-order valence-electron chi connectivity index (χ1n) is 16.4. The van der Waals surface area contributed by atoms with Gasteiger partial charge < -0.3 is 35.6 Å². The van der Waals surface area contributed by atoms with Crippen molar-refractivity contribution < 1.29 is 33.3 Å². The Morgan fingerprint density at radius 1 is 0.816 bits per heavy atom. The zero-order chi connectivity index (χ0) is 34.8. The molecule has 0 aliphatic carbocycles. The normalized spacial score (nSPS) is 21.5. The van der Waals surface area contributed by atoms with Gasteiger partial charge in [-0.3, -0.25) is 28.8 Å². The number of fused-ring (bicyclic) bond motifs is 2. The van der Waals surface area contributed by atoms with Crippen LogP contribution in [0.15, 0.2) is 71.3 Å². The number of carbonyl (C=O) groups is 6. The predicted molar refractivity (Wildman–Crippen MR) is 176 cm³/mol. The highest BCUT2D eigenvalue weighted by molar-refractivity contribution is 5.97. The van der Waals surface area contributed by atoms with Crippen molar-refractivity contribution in [1.82, 2.24) is 36.2 Å². The van der Waals surface area contributed by atoms with Gasteiger partial charge in [-0.2, -0.15) is 0 Å². The van der Waals surface area contributed by atoms with Gasteiger partial charge in [0, 0.05) is 45.0 Å². The lowest BCUT2D eigenvalue weighted by Gasteiger charge is -2.29. The second-order valence-corrected chi connectivity index (χ2v) is 12.3. The fourth-order valence-corrected chi connectivity index (χ4v) is 5.73. The summed E-state index contributed by atoms with van der Waals surface area (Å²) in [6.07, 6.45) is 2.24. The summed E-state index contributed by atoms with van der Waals surface area (Å²) in [5, 5.41) is 14.8. The van der Waals surface area contributed by atoms with Crippen LogP contribution in [-0.4, -0.2) is 94.7 Å². The SMILES string of the molecule is C[C@@H]1NC(=O)c2cc(on2)CN(C(=O)CN2CCCCC2=O)CCNC(=O)[C@@H](Cc2ccccc2)NC(=O)[C@H](Cc2ccccc2)NC1=O. The summed E-state index contributed by atoms with van der Waals surface area (Å²) in [7, 11) is 0. The van der Waals surface area contributed by atoms with Gasteiger partial charge in [-0.15, -0.1) is 0 Å². The summed E-state index contributed by atoms with van der Waals surface area (Å²) in [5.74, 6) is -2.65. The van der Waals surface area contributed by atoms with E-state index in [0.717, 1.165) is 24.0 Å². The van der Waals surface area contributed by atoms with Gasteiger partial charge in [0.25, 0.3) is 5.91 Å². The first-order chi connectivity index (χ1) is 23.7. The van der Waals surface area contributed by atoms with Crippen LogP contribution in [0.5, 0.6) is 0 Å². The molecule has 1 aromatic heterocycles. The van der Waals surface area contributed by atoms with Crippen LogP contribution >= 0.6 is 0 Å². The molecule has 3 heterocycles. The molecule has 5 rings (SSSR count). The highest BCUT2D eigenvalue weighted by Crippen LogP contribution is 2.14. The molecule has 0 spiro atoms. The number of carbonyl (C=O) groups excluding carboxylic acids is 6. The molecule has 1 saturated heterocycles. The molecule has 3 atom stereocenters. The van der Waals surface area contributed by atoms with Crippen LogP contribution in [0.2, 0.25) is 0 Å². The van der Waals surface area contributed by atoms with E-state index in [0.29, 0.717) is 13.0 Å². The highest BCUT2D eigenvalue weighted by Gasteiger charge is 2.30. The van der Waals surface area contributed by atoms with Crippen molar-refractivity contribution in [2.45, 2.75) is 63.7 Å². The lowest BCUT2D eigenvalue weighted by Crippen LogP contribution is -2.57. The Hall–Kier alpha value is -5.53. The minimum atomic E-state index is -1.08. The molecule has 14 heteroatoms. The quantitative estimate of drug-likeness (QED) is 0.296. The maximum Gasteiger partial charge on any atom is 0.274 e. The van der Waals surface area contributed by atoms with Crippen molar-refractivity contribution in [3.8, 4) is 0 Å². The third-order valence-electron chi connectivity index (χ3n) is 8.49. The fourth-order valence-electron chi connectivity index (χ4n) is 5.73. The molecule has 0 radical (unpaired) electrons. The van der Waals surface area contributed by atoms with Gasteiger partial charge in [0.2, 0.25) is 29.5 Å². The molecular weight excluding hydrogens is 630 g/mol. The molecule has 2 bridgehead atoms. The van der Waals surface area contributed by atoms with Gasteiger partial charge in [0.1, 0.15) is 18.1 Å². The fraction of sp³-hybridized carbons (Fsp3) is 0.400. The summed E-state index contributed by atoms with van der Waals surface area (Å²) >= 11 is 0. The zero-order valence-corrected chi connectivity index (χ0v) is 27.4. The van der Waals surface area contributed by atoms with Gasteiger partial charge in [-0.1, -0.05) is 65.8 Å². The number of hydrogen-bond donors (Lipinski definition) is 4. The van der Waals surface area contributed by atoms with E-state index >= 15 is 0 Å². The smallest absolute Gasteiger partial charge is 0.274 e. The van der Waals surface area contributed by atoms with Gasteiger partial charge in [0.15, 0.2) is 11.5 Å². The van der Waals surface area contributed by atoms with E-state index in [1.165, 1.54) is 22.8 Å². The molecule has 0 unspecified atom stereocenters. The third kappa shape index (κ3) is 9.75. The molecule has 2 aliphatic rings. The number of amides is 6. The lowest BCUT2D eigenvalue weighted by molar-refractivity contribution is -0.142. The molecule has 2 aliphatic heterocycles. The van der Waals surface area contributed by atoms with E-state index in [9.17, 15) is 28.8 Å².